The zero-order valence-electron chi connectivity index (χ0n) is 12.2. The third-order valence-electron chi connectivity index (χ3n) is 4.85. The van der Waals surface area contributed by atoms with Gasteiger partial charge in [0.05, 0.1) is 6.04 Å². The third kappa shape index (κ3) is 2.33. The number of hydrogen-bond acceptors (Lipinski definition) is 2. The number of carbonyl (C=O) groups is 1. The highest BCUT2D eigenvalue weighted by atomic mass is 79.9. The first-order valence-electron chi connectivity index (χ1n) is 7.83. The fourth-order valence-corrected chi connectivity index (χ4v) is 4.62. The molecule has 3 heteroatoms. The lowest BCUT2D eigenvalue weighted by atomic mass is 9.97. The van der Waals surface area contributed by atoms with Crippen molar-refractivity contribution < 1.29 is 4.79 Å². The molecule has 0 bridgehead atoms. The van der Waals surface area contributed by atoms with Crippen LogP contribution < -0.4 is 0 Å². The van der Waals surface area contributed by atoms with Gasteiger partial charge in [0.1, 0.15) is 0 Å². The molecule has 4 rings (SSSR count). The van der Waals surface area contributed by atoms with E-state index in [-0.39, 0.29) is 11.8 Å². The van der Waals surface area contributed by atoms with E-state index in [0.717, 1.165) is 18.4 Å². The highest BCUT2D eigenvalue weighted by Crippen LogP contribution is 2.51. The van der Waals surface area contributed by atoms with Crippen molar-refractivity contribution in [2.75, 3.05) is 0 Å². The lowest BCUT2D eigenvalue weighted by molar-refractivity contribution is 0.0968. The smallest absolute Gasteiger partial charge is 0.181 e. The zero-order valence-corrected chi connectivity index (χ0v) is 13.8. The number of benzene rings is 2. The number of fused-ring (bicyclic) bond motifs is 1. The van der Waals surface area contributed by atoms with Crippen molar-refractivity contribution in [1.82, 2.24) is 4.90 Å². The van der Waals surface area contributed by atoms with E-state index in [1.165, 1.54) is 5.56 Å². The van der Waals surface area contributed by atoms with Crippen LogP contribution in [0.1, 0.15) is 34.8 Å². The van der Waals surface area contributed by atoms with Gasteiger partial charge < -0.3 is 0 Å². The van der Waals surface area contributed by atoms with E-state index >= 15 is 0 Å². The Morgan fingerprint density at radius 3 is 2.27 bits per heavy atom. The molecule has 2 heterocycles. The van der Waals surface area contributed by atoms with Crippen molar-refractivity contribution in [3.63, 3.8) is 0 Å². The maximum absolute atomic E-state index is 12.8. The van der Waals surface area contributed by atoms with Gasteiger partial charge in [-0.15, -0.1) is 0 Å². The van der Waals surface area contributed by atoms with Crippen LogP contribution in [0.4, 0.5) is 0 Å². The average molecular weight is 356 g/mol. The fraction of sp³-hybridized carbons (Fsp3) is 0.316. The molecule has 2 aromatic rings. The second-order valence-electron chi connectivity index (χ2n) is 6.14. The van der Waals surface area contributed by atoms with E-state index < -0.39 is 0 Å². The SMILES string of the molecule is O=C(c1ccccc1)[C@@H]1[C@H]2CC[C@@H](Br)[C@H](c3ccccc3)N21. The largest absolute Gasteiger partial charge is 0.292 e. The van der Waals surface area contributed by atoms with Crippen LogP contribution in [-0.4, -0.2) is 27.6 Å². The molecule has 0 aliphatic carbocycles. The molecular formula is C19H18BrNO. The van der Waals surface area contributed by atoms with Crippen LogP contribution in [0.15, 0.2) is 60.7 Å². The van der Waals surface area contributed by atoms with Crippen molar-refractivity contribution in [2.24, 2.45) is 0 Å². The van der Waals surface area contributed by atoms with E-state index in [2.05, 4.69) is 45.1 Å². The van der Waals surface area contributed by atoms with Crippen molar-refractivity contribution >= 4 is 21.7 Å². The monoisotopic (exact) mass is 355 g/mol. The summed E-state index contributed by atoms with van der Waals surface area (Å²) < 4.78 is 0. The van der Waals surface area contributed by atoms with Crippen LogP contribution in [0.5, 0.6) is 0 Å². The summed E-state index contributed by atoms with van der Waals surface area (Å²) in [5.74, 6) is 0.271. The van der Waals surface area contributed by atoms with Gasteiger partial charge in [-0.05, 0) is 18.4 Å². The summed E-state index contributed by atoms with van der Waals surface area (Å²) in [5, 5.41) is 0. The van der Waals surface area contributed by atoms with Gasteiger partial charge in [0, 0.05) is 22.5 Å². The molecule has 0 spiro atoms. The number of ketones is 1. The molecule has 2 fully saturated rings. The molecule has 0 saturated carbocycles. The Morgan fingerprint density at radius 2 is 1.59 bits per heavy atom. The summed E-state index contributed by atoms with van der Waals surface area (Å²) in [5.41, 5.74) is 2.14. The molecule has 2 aromatic carbocycles. The molecule has 112 valence electrons. The van der Waals surface area contributed by atoms with Crippen molar-refractivity contribution in [2.45, 2.75) is 35.8 Å². The van der Waals surface area contributed by atoms with Crippen LogP contribution in [0.25, 0.3) is 0 Å². The zero-order chi connectivity index (χ0) is 15.1. The topological polar surface area (TPSA) is 20.1 Å². The Labute approximate surface area is 139 Å². The first kappa shape index (κ1) is 14.2. The highest BCUT2D eigenvalue weighted by molar-refractivity contribution is 9.09. The Kier molecular flexibility index (Phi) is 3.63. The van der Waals surface area contributed by atoms with Crippen molar-refractivity contribution in [3.8, 4) is 0 Å². The molecule has 2 aliphatic heterocycles. The highest BCUT2D eigenvalue weighted by Gasteiger charge is 2.58. The second kappa shape index (κ2) is 5.64. The Bertz CT molecular complexity index is 672. The second-order valence-corrected chi connectivity index (χ2v) is 7.31. The van der Waals surface area contributed by atoms with Crippen LogP contribution >= 0.6 is 15.9 Å². The van der Waals surface area contributed by atoms with Gasteiger partial charge in [-0.25, -0.2) is 0 Å². The molecular weight excluding hydrogens is 338 g/mol. The minimum Gasteiger partial charge on any atom is -0.292 e. The summed E-state index contributed by atoms with van der Waals surface area (Å²) in [6.07, 6.45) is 2.22. The van der Waals surface area contributed by atoms with Gasteiger partial charge in [0.2, 0.25) is 0 Å². The first-order valence-corrected chi connectivity index (χ1v) is 8.74. The number of hydrogen-bond donors (Lipinski definition) is 0. The molecule has 0 aromatic heterocycles. The molecule has 2 nitrogen and oxygen atoms in total. The predicted octanol–water partition coefficient (Wildman–Crippen LogP) is 4.22. The number of nitrogens with zero attached hydrogens (tertiary/aromatic N) is 1. The summed E-state index contributed by atoms with van der Waals surface area (Å²) in [6.45, 7) is 0. The number of alkyl halides is 1. The van der Waals surface area contributed by atoms with Gasteiger partial charge in [-0.3, -0.25) is 9.69 Å². The third-order valence-corrected chi connectivity index (χ3v) is 5.81. The lowest BCUT2D eigenvalue weighted by Gasteiger charge is -2.29. The summed E-state index contributed by atoms with van der Waals surface area (Å²) in [4.78, 5) is 15.6. The van der Waals surface area contributed by atoms with Crippen LogP contribution in [0.2, 0.25) is 0 Å². The number of halogens is 1. The quantitative estimate of drug-likeness (QED) is 0.466. The molecule has 0 radical (unpaired) electrons. The molecule has 1 unspecified atom stereocenters. The number of piperidine rings is 1. The normalized spacial score (nSPS) is 33.0. The average Bonchev–Trinajstić information content (AvgIpc) is 3.30. The van der Waals surface area contributed by atoms with Crippen molar-refractivity contribution in [3.05, 3.63) is 71.8 Å². The van der Waals surface area contributed by atoms with E-state index in [1.54, 1.807) is 0 Å². The summed E-state index contributed by atoms with van der Waals surface area (Å²) in [6, 6.07) is 21.0. The number of rotatable bonds is 3. The van der Waals surface area contributed by atoms with Crippen LogP contribution in [0.3, 0.4) is 0 Å². The predicted molar refractivity (Wildman–Crippen MR) is 91.3 cm³/mol. The first-order chi connectivity index (χ1) is 10.8. The van der Waals surface area contributed by atoms with E-state index in [9.17, 15) is 4.79 Å². The maximum atomic E-state index is 12.8. The van der Waals surface area contributed by atoms with Gasteiger partial charge in [0.25, 0.3) is 0 Å². The van der Waals surface area contributed by atoms with E-state index in [0.29, 0.717) is 16.9 Å². The van der Waals surface area contributed by atoms with E-state index in [1.807, 2.05) is 36.4 Å². The molecule has 2 aliphatic rings. The molecule has 5 atom stereocenters. The standard InChI is InChI=1S/C19H18BrNO/c20-15-11-12-16-18(19(22)14-9-5-2-6-10-14)21(16)17(15)13-7-3-1-4-8-13/h1-10,15-18H,11-12H2/t15-,16-,17+,18+,21?/m1/s1. The van der Waals surface area contributed by atoms with Gasteiger partial charge in [-0.2, -0.15) is 0 Å². The Morgan fingerprint density at radius 1 is 0.955 bits per heavy atom. The van der Waals surface area contributed by atoms with Crippen LogP contribution in [-0.2, 0) is 0 Å². The van der Waals surface area contributed by atoms with Gasteiger partial charge >= 0.3 is 0 Å². The van der Waals surface area contributed by atoms with Crippen molar-refractivity contribution in [1.29, 1.82) is 0 Å². The van der Waals surface area contributed by atoms with Gasteiger partial charge in [-0.1, -0.05) is 76.6 Å². The number of Topliss-reactive ketones (excluding diaryl/α,β-unsaturated/α-hetero) is 1. The van der Waals surface area contributed by atoms with Gasteiger partial charge in [0.15, 0.2) is 5.78 Å². The van der Waals surface area contributed by atoms with Crippen LogP contribution in [0, 0.1) is 0 Å². The minimum absolute atomic E-state index is 0.0511. The molecule has 22 heavy (non-hydrogen) atoms. The Hall–Kier alpha value is -1.45. The number of carbonyl (C=O) groups excluding carboxylic acids is 1. The molecule has 0 N–H and O–H groups in total. The molecule has 2 saturated heterocycles. The maximum Gasteiger partial charge on any atom is 0.181 e. The fourth-order valence-electron chi connectivity index (χ4n) is 3.77. The Balaban J connectivity index is 1.62. The molecule has 0 amide bonds. The minimum atomic E-state index is 0.0511. The summed E-state index contributed by atoms with van der Waals surface area (Å²) in [7, 11) is 0. The summed E-state index contributed by atoms with van der Waals surface area (Å²) >= 11 is 3.84. The lowest BCUT2D eigenvalue weighted by Crippen LogP contribution is -2.27. The van der Waals surface area contributed by atoms with E-state index in [4.69, 9.17) is 0 Å².